The third-order valence-electron chi connectivity index (χ3n) is 3.32. The van der Waals surface area contributed by atoms with E-state index >= 15 is 0 Å². The molecule has 0 unspecified atom stereocenters. The van der Waals surface area contributed by atoms with Gasteiger partial charge in [-0.1, -0.05) is 53.5 Å². The minimum Gasteiger partial charge on any atom is -0.0843 e. The molecular weight excluding hydrogens is 275 g/mol. The molecule has 0 heterocycles. The molecule has 0 nitrogen and oxygen atoms in total. The summed E-state index contributed by atoms with van der Waals surface area (Å²) in [4.78, 5) is 0. The molecule has 0 aliphatic rings. The molecule has 19 heavy (non-hydrogen) atoms. The molecule has 0 saturated carbocycles. The van der Waals surface area contributed by atoms with Crippen molar-refractivity contribution in [1.82, 2.24) is 0 Å². The molecule has 0 aliphatic carbocycles. The van der Waals surface area contributed by atoms with Crippen molar-refractivity contribution in [3.8, 4) is 11.1 Å². The Balaban J connectivity index is 2.32. The first-order valence-electron chi connectivity index (χ1n) is 6.10. The molecule has 0 fully saturated rings. The van der Waals surface area contributed by atoms with E-state index in [1.807, 2.05) is 24.3 Å². The third kappa shape index (κ3) is 2.34. The van der Waals surface area contributed by atoms with Crippen LogP contribution in [0.2, 0.25) is 10.0 Å². The van der Waals surface area contributed by atoms with Crippen LogP contribution in [0.15, 0.2) is 54.6 Å². The second kappa shape index (κ2) is 4.88. The van der Waals surface area contributed by atoms with Crippen molar-refractivity contribution < 1.29 is 0 Å². The molecule has 0 amide bonds. The van der Waals surface area contributed by atoms with Crippen LogP contribution < -0.4 is 0 Å². The number of aryl methyl sites for hydroxylation is 1. The van der Waals surface area contributed by atoms with Crippen LogP contribution in [0.3, 0.4) is 0 Å². The fourth-order valence-corrected chi connectivity index (χ4v) is 2.72. The van der Waals surface area contributed by atoms with E-state index in [1.54, 1.807) is 0 Å². The summed E-state index contributed by atoms with van der Waals surface area (Å²) >= 11 is 12.0. The molecule has 3 rings (SSSR count). The standard InChI is InChI=1S/C17H12Cl2/c1-11-2-3-13-10-15(19)8-9-16(13)17(11)12-4-6-14(18)7-5-12/h2-10H,1H3. The molecule has 0 N–H and O–H groups in total. The SMILES string of the molecule is Cc1ccc2cc(Cl)ccc2c1-c1ccc(Cl)cc1. The van der Waals surface area contributed by atoms with Crippen molar-refractivity contribution in [3.63, 3.8) is 0 Å². The van der Waals surface area contributed by atoms with Crippen molar-refractivity contribution in [2.45, 2.75) is 6.92 Å². The summed E-state index contributed by atoms with van der Waals surface area (Å²) in [5.41, 5.74) is 3.66. The van der Waals surface area contributed by atoms with E-state index in [4.69, 9.17) is 23.2 Å². The van der Waals surface area contributed by atoms with Gasteiger partial charge in [0.2, 0.25) is 0 Å². The Morgan fingerprint density at radius 3 is 2.16 bits per heavy atom. The number of halogens is 2. The molecule has 3 aromatic rings. The normalized spacial score (nSPS) is 10.9. The Bertz CT molecular complexity index is 743. The third-order valence-corrected chi connectivity index (χ3v) is 3.81. The maximum Gasteiger partial charge on any atom is 0.0412 e. The molecule has 0 radical (unpaired) electrons. The lowest BCUT2D eigenvalue weighted by molar-refractivity contribution is 1.49. The summed E-state index contributed by atoms with van der Waals surface area (Å²) < 4.78 is 0. The van der Waals surface area contributed by atoms with Crippen LogP contribution >= 0.6 is 23.2 Å². The molecule has 0 saturated heterocycles. The van der Waals surface area contributed by atoms with Gasteiger partial charge in [0.15, 0.2) is 0 Å². The zero-order chi connectivity index (χ0) is 13.4. The fraction of sp³-hybridized carbons (Fsp3) is 0.0588. The van der Waals surface area contributed by atoms with Crippen LogP contribution in [-0.2, 0) is 0 Å². The van der Waals surface area contributed by atoms with Gasteiger partial charge in [0.25, 0.3) is 0 Å². The molecule has 0 aromatic heterocycles. The van der Waals surface area contributed by atoms with Crippen LogP contribution in [0, 0.1) is 6.92 Å². The molecule has 2 heteroatoms. The van der Waals surface area contributed by atoms with Crippen LogP contribution in [0.1, 0.15) is 5.56 Å². The van der Waals surface area contributed by atoms with Crippen LogP contribution in [0.4, 0.5) is 0 Å². The smallest absolute Gasteiger partial charge is 0.0412 e. The second-order valence-corrected chi connectivity index (χ2v) is 5.50. The second-order valence-electron chi connectivity index (χ2n) is 4.63. The highest BCUT2D eigenvalue weighted by molar-refractivity contribution is 6.31. The molecular formula is C17H12Cl2. The van der Waals surface area contributed by atoms with Gasteiger partial charge in [-0.2, -0.15) is 0 Å². The minimum absolute atomic E-state index is 0.754. The van der Waals surface area contributed by atoms with Crippen molar-refractivity contribution in [3.05, 3.63) is 70.2 Å². The average Bonchev–Trinajstić information content (AvgIpc) is 2.40. The summed E-state index contributed by atoms with van der Waals surface area (Å²) in [6.45, 7) is 2.12. The topological polar surface area (TPSA) is 0 Å². The van der Waals surface area contributed by atoms with E-state index in [2.05, 4.69) is 37.3 Å². The number of benzene rings is 3. The number of hydrogen-bond donors (Lipinski definition) is 0. The predicted octanol–water partition coefficient (Wildman–Crippen LogP) is 6.12. The van der Waals surface area contributed by atoms with Crippen molar-refractivity contribution in [1.29, 1.82) is 0 Å². The highest BCUT2D eigenvalue weighted by atomic mass is 35.5. The van der Waals surface area contributed by atoms with Gasteiger partial charge >= 0.3 is 0 Å². The summed E-state index contributed by atoms with van der Waals surface area (Å²) in [6.07, 6.45) is 0. The highest BCUT2D eigenvalue weighted by Crippen LogP contribution is 2.33. The largest absolute Gasteiger partial charge is 0.0843 e. The van der Waals surface area contributed by atoms with E-state index in [1.165, 1.54) is 22.1 Å². The van der Waals surface area contributed by atoms with Gasteiger partial charge in [-0.15, -0.1) is 0 Å². The van der Waals surface area contributed by atoms with Gasteiger partial charge in [-0.05, 0) is 58.7 Å². The first kappa shape index (κ1) is 12.5. The zero-order valence-electron chi connectivity index (χ0n) is 10.5. The van der Waals surface area contributed by atoms with E-state index in [9.17, 15) is 0 Å². The maximum absolute atomic E-state index is 6.06. The first-order chi connectivity index (χ1) is 9.15. The lowest BCUT2D eigenvalue weighted by Crippen LogP contribution is -1.86. The van der Waals surface area contributed by atoms with Gasteiger partial charge in [0.1, 0.15) is 0 Å². The Morgan fingerprint density at radius 2 is 1.42 bits per heavy atom. The van der Waals surface area contributed by atoms with Crippen LogP contribution in [-0.4, -0.2) is 0 Å². The summed E-state index contributed by atoms with van der Waals surface area (Å²) in [5, 5.41) is 3.89. The van der Waals surface area contributed by atoms with E-state index in [-0.39, 0.29) is 0 Å². The van der Waals surface area contributed by atoms with Gasteiger partial charge in [-0.25, -0.2) is 0 Å². The quantitative estimate of drug-likeness (QED) is 0.505. The summed E-state index contributed by atoms with van der Waals surface area (Å²) in [5.74, 6) is 0. The summed E-state index contributed by atoms with van der Waals surface area (Å²) in [7, 11) is 0. The van der Waals surface area contributed by atoms with E-state index in [0.29, 0.717) is 0 Å². The van der Waals surface area contributed by atoms with E-state index in [0.717, 1.165) is 15.4 Å². The first-order valence-corrected chi connectivity index (χ1v) is 6.85. The molecule has 3 aromatic carbocycles. The van der Waals surface area contributed by atoms with E-state index < -0.39 is 0 Å². The predicted molar refractivity (Wildman–Crippen MR) is 84.1 cm³/mol. The molecule has 0 aliphatic heterocycles. The van der Waals surface area contributed by atoms with Gasteiger partial charge < -0.3 is 0 Å². The molecule has 0 bridgehead atoms. The average molecular weight is 287 g/mol. The highest BCUT2D eigenvalue weighted by Gasteiger charge is 2.07. The molecule has 0 atom stereocenters. The molecule has 94 valence electrons. The lowest BCUT2D eigenvalue weighted by Gasteiger charge is -2.11. The molecule has 0 spiro atoms. The Labute approximate surface area is 122 Å². The van der Waals surface area contributed by atoms with Crippen LogP contribution in [0.25, 0.3) is 21.9 Å². The van der Waals surface area contributed by atoms with Crippen molar-refractivity contribution in [2.75, 3.05) is 0 Å². The summed E-state index contributed by atoms with van der Waals surface area (Å²) in [6, 6.07) is 18.2. The van der Waals surface area contributed by atoms with Crippen molar-refractivity contribution in [2.24, 2.45) is 0 Å². The van der Waals surface area contributed by atoms with Crippen LogP contribution in [0.5, 0.6) is 0 Å². The Kier molecular flexibility index (Phi) is 3.22. The minimum atomic E-state index is 0.754. The Hall–Kier alpha value is -1.50. The van der Waals surface area contributed by atoms with Gasteiger partial charge in [0, 0.05) is 10.0 Å². The number of rotatable bonds is 1. The number of fused-ring (bicyclic) bond motifs is 1. The lowest BCUT2D eigenvalue weighted by atomic mass is 9.94. The monoisotopic (exact) mass is 286 g/mol. The number of hydrogen-bond acceptors (Lipinski definition) is 0. The van der Waals surface area contributed by atoms with Crippen molar-refractivity contribution >= 4 is 34.0 Å². The zero-order valence-corrected chi connectivity index (χ0v) is 12.0. The van der Waals surface area contributed by atoms with Gasteiger partial charge in [0.05, 0.1) is 0 Å². The maximum atomic E-state index is 6.06. The Morgan fingerprint density at radius 1 is 0.737 bits per heavy atom. The fourth-order valence-electron chi connectivity index (χ4n) is 2.41. The van der Waals surface area contributed by atoms with Gasteiger partial charge in [-0.3, -0.25) is 0 Å².